The van der Waals surface area contributed by atoms with Gasteiger partial charge < -0.3 is 27.2 Å². The van der Waals surface area contributed by atoms with Crippen LogP contribution < -0.4 is 15.0 Å². The predicted octanol–water partition coefficient (Wildman–Crippen LogP) is 4.68. The van der Waals surface area contributed by atoms with E-state index < -0.39 is 41.3 Å². The third-order valence-electron chi connectivity index (χ3n) is 5.84. The molecule has 0 bridgehead atoms. The number of nitrogens with one attached hydrogen (secondary N) is 1. The van der Waals surface area contributed by atoms with E-state index in [4.69, 9.17) is 4.74 Å². The van der Waals surface area contributed by atoms with Crippen molar-refractivity contribution in [3.05, 3.63) is 82.9 Å². The van der Waals surface area contributed by atoms with Gasteiger partial charge in [0.25, 0.3) is 0 Å². The maximum atomic E-state index is 13.4. The zero-order valence-corrected chi connectivity index (χ0v) is 19.1. The summed E-state index contributed by atoms with van der Waals surface area (Å²) in [7, 11) is -5.54. The van der Waals surface area contributed by atoms with Crippen molar-refractivity contribution in [2.45, 2.75) is 19.4 Å². The monoisotopic (exact) mass is 508 g/mol. The fourth-order valence-electron chi connectivity index (χ4n) is 4.27. The molecule has 6 nitrogen and oxygen atoms in total. The van der Waals surface area contributed by atoms with Crippen LogP contribution in [0.2, 0.25) is 0 Å². The van der Waals surface area contributed by atoms with E-state index in [-0.39, 0.29) is 23.7 Å². The van der Waals surface area contributed by atoms with Crippen LogP contribution in [0.3, 0.4) is 0 Å². The van der Waals surface area contributed by atoms with Gasteiger partial charge in [-0.1, -0.05) is 58.0 Å². The first-order chi connectivity index (χ1) is 16.4. The molecule has 12 heteroatoms. The Morgan fingerprint density at radius 2 is 1.57 bits per heavy atom. The molecule has 0 saturated carbocycles. The number of hydrogen-bond acceptors (Lipinski definition) is 5. The van der Waals surface area contributed by atoms with E-state index in [9.17, 15) is 30.0 Å². The molecule has 3 aromatic carbocycles. The van der Waals surface area contributed by atoms with Gasteiger partial charge in [0, 0.05) is 12.5 Å². The second-order valence-electron chi connectivity index (χ2n) is 8.03. The van der Waals surface area contributed by atoms with E-state index in [0.29, 0.717) is 6.07 Å². The summed E-state index contributed by atoms with van der Waals surface area (Å²) in [6.45, 7) is -4.83. The summed E-state index contributed by atoms with van der Waals surface area (Å²) in [6, 6.07) is 16.7. The van der Waals surface area contributed by atoms with Crippen molar-refractivity contribution in [1.29, 1.82) is 0 Å². The first kappa shape index (κ1) is 24.6. The summed E-state index contributed by atoms with van der Waals surface area (Å²) < 4.78 is 84.0. The predicted molar refractivity (Wildman–Crippen MR) is 122 cm³/mol. The summed E-state index contributed by atoms with van der Waals surface area (Å²) >= 11 is 0. The first-order valence-corrected chi connectivity index (χ1v) is 11.8. The molecule has 1 N–H and O–H groups in total. The number of hydrogen-bond donors (Lipinski definition) is 1. The van der Waals surface area contributed by atoms with Gasteiger partial charge in [-0.2, -0.15) is 8.42 Å². The van der Waals surface area contributed by atoms with Crippen molar-refractivity contribution in [2.24, 2.45) is 0 Å². The fourth-order valence-corrected chi connectivity index (χ4v) is 4.60. The smallest absolute Gasteiger partial charge is 0.449 e. The first-order valence-electron chi connectivity index (χ1n) is 10.5. The van der Waals surface area contributed by atoms with E-state index >= 15 is 0 Å². The van der Waals surface area contributed by atoms with Gasteiger partial charge in [0.05, 0.1) is 0 Å². The number of amides is 1. The van der Waals surface area contributed by atoms with Gasteiger partial charge in [-0.3, -0.25) is 0 Å². The van der Waals surface area contributed by atoms with E-state index in [0.717, 1.165) is 35.2 Å². The lowest BCUT2D eigenvalue weighted by atomic mass is 9.75. The van der Waals surface area contributed by atoms with Crippen molar-refractivity contribution in [1.82, 2.24) is 5.32 Å². The highest BCUT2D eigenvalue weighted by Gasteiger charge is 2.31. The maximum absolute atomic E-state index is 13.4. The molecule has 0 atom stereocenters. The number of benzene rings is 3. The molecule has 1 aliphatic rings. The molecule has 35 heavy (non-hydrogen) atoms. The van der Waals surface area contributed by atoms with Gasteiger partial charge in [0.15, 0.2) is 0 Å². The van der Waals surface area contributed by atoms with Crippen LogP contribution in [0.1, 0.15) is 28.2 Å². The molecule has 3 aromatic rings. The molecule has 0 radical (unpaired) electrons. The topological polar surface area (TPSA) is 81.7 Å². The largest absolute Gasteiger partial charge is 0.510 e. The average molecular weight is 508 g/mol. The molecular formula is C23H19BF4NO5S-. The molecule has 0 fully saturated rings. The number of halogens is 4. The van der Waals surface area contributed by atoms with Crippen LogP contribution in [0.4, 0.5) is 21.6 Å². The van der Waals surface area contributed by atoms with E-state index in [2.05, 4.69) is 9.50 Å². The van der Waals surface area contributed by atoms with Gasteiger partial charge in [0.2, 0.25) is 0 Å². The Balaban J connectivity index is 1.48. The lowest BCUT2D eigenvalue weighted by Gasteiger charge is -2.22. The lowest BCUT2D eigenvalue weighted by molar-refractivity contribution is 0.142. The van der Waals surface area contributed by atoms with Gasteiger partial charge >= 0.3 is 23.6 Å². The molecule has 0 saturated heterocycles. The van der Waals surface area contributed by atoms with Gasteiger partial charge in [0.1, 0.15) is 12.4 Å². The van der Waals surface area contributed by atoms with Crippen molar-refractivity contribution in [3.8, 4) is 16.9 Å². The molecule has 0 heterocycles. The number of ether oxygens (including phenoxy) is 1. The summed E-state index contributed by atoms with van der Waals surface area (Å²) in [5, 5.41) is 2.36. The third kappa shape index (κ3) is 5.42. The van der Waals surface area contributed by atoms with Crippen LogP contribution in [0.25, 0.3) is 11.1 Å². The summed E-state index contributed by atoms with van der Waals surface area (Å²) in [4.78, 5) is 12.4. The molecule has 0 spiro atoms. The minimum Gasteiger partial charge on any atom is -0.449 e. The highest BCUT2D eigenvalue weighted by Crippen LogP contribution is 2.44. The van der Waals surface area contributed by atoms with E-state index in [1.807, 2.05) is 48.5 Å². The maximum Gasteiger partial charge on any atom is 0.510 e. The highest BCUT2D eigenvalue weighted by molar-refractivity contribution is 7.81. The van der Waals surface area contributed by atoms with Crippen LogP contribution in [-0.2, 0) is 21.8 Å². The molecule has 4 rings (SSSR count). The Kier molecular flexibility index (Phi) is 6.50. The molecule has 0 unspecified atom stereocenters. The van der Waals surface area contributed by atoms with Crippen LogP contribution in [0.15, 0.2) is 60.7 Å². The highest BCUT2D eigenvalue weighted by atomic mass is 32.3. The van der Waals surface area contributed by atoms with Crippen molar-refractivity contribution in [2.75, 3.05) is 6.61 Å². The summed E-state index contributed by atoms with van der Waals surface area (Å²) in [6.07, 6.45) is -0.880. The number of alkyl carbamates (subject to hydrolysis) is 1. The Bertz CT molecular complexity index is 1350. The third-order valence-corrected chi connectivity index (χ3v) is 6.24. The molecule has 1 aliphatic carbocycles. The van der Waals surface area contributed by atoms with E-state index in [1.165, 1.54) is 0 Å². The Morgan fingerprint density at radius 3 is 2.11 bits per heavy atom. The minimum atomic E-state index is -5.56. The number of fused-ring (bicyclic) bond motifs is 3. The van der Waals surface area contributed by atoms with Crippen LogP contribution in [0, 0.1) is 6.92 Å². The molecule has 184 valence electrons. The van der Waals surface area contributed by atoms with Crippen LogP contribution in [0.5, 0.6) is 5.75 Å². The lowest BCUT2D eigenvalue weighted by Crippen LogP contribution is -2.37. The van der Waals surface area contributed by atoms with Crippen molar-refractivity contribution in [3.63, 3.8) is 0 Å². The Hall–Kier alpha value is -3.54. The summed E-state index contributed by atoms with van der Waals surface area (Å²) in [5.74, 6) is -1.06. The Morgan fingerprint density at radius 1 is 1.00 bits per heavy atom. The zero-order chi connectivity index (χ0) is 25.4. The molecule has 1 amide bonds. The Labute approximate surface area is 199 Å². The quantitative estimate of drug-likeness (QED) is 0.285. The van der Waals surface area contributed by atoms with E-state index in [1.54, 1.807) is 0 Å². The normalized spacial score (nSPS) is 13.2. The average Bonchev–Trinajstić information content (AvgIpc) is 3.10. The standard InChI is InChI=1S/C23H19BF4NO5S/c1-14-15(10-16(34-35(28,31)32)11-22(14)24(25,26)27)12-29-23(30)33-13-21-19-8-4-2-6-17(19)18-7-3-5-9-20(18)21/h2-11,21H,12-13H2,1H3,(H,29,30)/q-1. The number of carbonyl (C=O) groups is 1. The van der Waals surface area contributed by atoms with Crippen LogP contribution >= 0.6 is 0 Å². The second kappa shape index (κ2) is 9.25. The van der Waals surface area contributed by atoms with Gasteiger partial charge in [-0.05, 0) is 46.9 Å². The molecule has 0 aliphatic heterocycles. The minimum absolute atomic E-state index is 0.000992. The zero-order valence-electron chi connectivity index (χ0n) is 18.3. The van der Waals surface area contributed by atoms with Crippen molar-refractivity contribution >= 4 is 29.0 Å². The number of rotatable bonds is 7. The second-order valence-corrected chi connectivity index (χ2v) is 8.98. The van der Waals surface area contributed by atoms with Crippen molar-refractivity contribution < 1.29 is 39.0 Å². The fraction of sp³-hybridized carbons (Fsp3) is 0.174. The molecular weight excluding hydrogens is 489 g/mol. The van der Waals surface area contributed by atoms with Gasteiger partial charge in [-0.15, -0.1) is 5.46 Å². The SMILES string of the molecule is Cc1c(CNC(=O)OCC2c3ccccc3-c3ccccc32)cc(OS(=O)(=O)F)cc1[B-](F)(F)F. The molecule has 0 aromatic heterocycles. The number of carbonyl (C=O) groups excluding carboxylic acids is 1. The van der Waals surface area contributed by atoms with Crippen LogP contribution in [-0.4, -0.2) is 28.1 Å². The van der Waals surface area contributed by atoms with Gasteiger partial charge in [-0.25, -0.2) is 4.79 Å². The summed E-state index contributed by atoms with van der Waals surface area (Å²) in [5.41, 5.74) is 2.55.